The van der Waals surface area contributed by atoms with Crippen LogP contribution in [0, 0.1) is 49.3 Å². The van der Waals surface area contributed by atoms with E-state index in [-0.39, 0.29) is 14.9 Å². The topological polar surface area (TPSA) is 0 Å². The highest BCUT2D eigenvalue weighted by atomic mass is 127. The molecule has 0 bridgehead atoms. The van der Waals surface area contributed by atoms with Crippen LogP contribution < -0.4 is 0 Å². The summed E-state index contributed by atoms with van der Waals surface area (Å²) in [6.07, 6.45) is 24.5. The predicted molar refractivity (Wildman–Crippen MR) is 187 cm³/mol. The average molecular weight is 690 g/mol. The van der Waals surface area contributed by atoms with Gasteiger partial charge in [0.2, 0.25) is 0 Å². The summed E-state index contributed by atoms with van der Waals surface area (Å²) in [5.74, 6) is 10.0. The van der Waals surface area contributed by atoms with Gasteiger partial charge in [-0.05, 0) is 30.3 Å². The minimum absolute atomic E-state index is 0. The molecule has 0 atom stereocenters. The SMILES string of the molecule is C.C.C#CCC.C#CCCC.CCCC.CI.CS.CS.[3H]B(C)F.[3H]C#CCBr.[3H]C#CCCC. The Labute approximate surface area is 251 Å². The standard InChI is InChI=1S/2C5H8.C4H10.C4H6.C3H3Br.CH4BF.CH3I.2CH4S.2CH4/c2*1-3-5-4-2;2*1-3-4-2;1-2-3-4;1-2-3;3*1-2;;/h2*1H,4-5H2,2H3;3-4H2,1-2H3;1H,4H2,2H3;1H,3H2;2H,1H3;1H3;2*2H,1H3;2*1H4/i1T;;;;1T;2T;;;;;. The molecule has 0 N–H and O–H groups in total. The summed E-state index contributed by atoms with van der Waals surface area (Å²) >= 11 is 12.2. The van der Waals surface area contributed by atoms with Crippen molar-refractivity contribution in [2.45, 2.75) is 101 Å². The van der Waals surface area contributed by atoms with E-state index in [4.69, 9.17) is 16.9 Å². The molecule has 202 valence electrons. The molecule has 0 saturated heterocycles. The quantitative estimate of drug-likeness (QED) is 0.0952. The van der Waals surface area contributed by atoms with E-state index in [1.165, 1.54) is 19.7 Å². The predicted octanol–water partition coefficient (Wildman–Crippen LogP) is 10.5. The normalized spacial score (nSPS) is 5.88. The molecule has 0 amide bonds. The number of hydrogen-bond acceptors (Lipinski definition) is 2. The first-order valence-electron chi connectivity index (χ1n) is 11.4. The number of halogens is 3. The third-order valence-electron chi connectivity index (χ3n) is 1.54. The van der Waals surface area contributed by atoms with Crippen LogP contribution in [0.15, 0.2) is 0 Å². The van der Waals surface area contributed by atoms with Crippen LogP contribution in [0.3, 0.4) is 0 Å². The van der Waals surface area contributed by atoms with Crippen LogP contribution in [0.5, 0.6) is 0 Å². The van der Waals surface area contributed by atoms with Gasteiger partial charge in [0.05, 0.1) is 5.33 Å². The first-order valence-corrected chi connectivity index (χ1v) is 14.9. The maximum absolute atomic E-state index is 10.7. The van der Waals surface area contributed by atoms with Crippen molar-refractivity contribution in [2.24, 2.45) is 0 Å². The van der Waals surface area contributed by atoms with E-state index in [1.807, 2.05) is 25.2 Å². The highest BCUT2D eigenvalue weighted by molar-refractivity contribution is 14.1. The van der Waals surface area contributed by atoms with Crippen LogP contribution in [0.1, 0.15) is 97.2 Å². The molecule has 0 aliphatic rings. The van der Waals surface area contributed by atoms with E-state index < -0.39 is 7.52 Å². The Morgan fingerprint density at radius 2 is 1.09 bits per heavy atom. The number of thiol groups is 2. The lowest BCUT2D eigenvalue weighted by Crippen LogP contribution is -1.53. The van der Waals surface area contributed by atoms with Gasteiger partial charge in [0.15, 0.2) is 0 Å². The number of unbranched alkanes of at least 4 members (excludes halogenated alkanes) is 3. The molecular weight excluding hydrogens is 625 g/mol. The summed E-state index contributed by atoms with van der Waals surface area (Å²) in [6, 6.07) is 0. The molecule has 0 radical (unpaired) electrons. The van der Waals surface area contributed by atoms with Gasteiger partial charge in [-0.1, -0.05) is 114 Å². The number of alkyl halides is 2. The fourth-order valence-corrected chi connectivity index (χ4v) is 0.269. The summed E-state index contributed by atoms with van der Waals surface area (Å²) in [5.41, 5.74) is 0. The molecule has 0 rings (SSSR count). The van der Waals surface area contributed by atoms with E-state index in [0.29, 0.717) is 5.33 Å². The van der Waals surface area contributed by atoms with E-state index in [0.717, 1.165) is 32.1 Å². The molecular formula is C27H58BBrFIS2. The van der Waals surface area contributed by atoms with Crippen molar-refractivity contribution in [3.8, 4) is 49.3 Å². The number of hydrogen-bond donors (Lipinski definition) is 2. The van der Waals surface area contributed by atoms with E-state index in [1.54, 1.807) is 12.5 Å². The summed E-state index contributed by atoms with van der Waals surface area (Å²) in [5, 5.41) is 0.608. The zero-order valence-electron chi connectivity index (χ0n) is 24.4. The summed E-state index contributed by atoms with van der Waals surface area (Å²) in [6.45, 7) is 11.6. The monoisotopic (exact) mass is 688 g/mol. The molecule has 0 aromatic rings. The number of rotatable bonds is 3. The van der Waals surface area contributed by atoms with Gasteiger partial charge >= 0.3 is 7.52 Å². The number of terminal acetylenes is 4. The lowest BCUT2D eigenvalue weighted by atomic mass is 10.2. The fraction of sp³-hybridized carbons (Fsp3) is 0.704. The molecule has 0 saturated carbocycles. The Morgan fingerprint density at radius 3 is 1.12 bits per heavy atom. The largest absolute Gasteiger partial charge is 0.342 e. The van der Waals surface area contributed by atoms with Crippen molar-refractivity contribution in [2.75, 3.05) is 22.8 Å². The highest BCUT2D eigenvalue weighted by Gasteiger charge is 1.62. The van der Waals surface area contributed by atoms with Crippen LogP contribution in [-0.2, 0) is 0 Å². The minimum atomic E-state index is -1.42. The van der Waals surface area contributed by atoms with Crippen molar-refractivity contribution in [3.63, 3.8) is 0 Å². The van der Waals surface area contributed by atoms with Crippen molar-refractivity contribution in [1.82, 2.24) is 0 Å². The van der Waals surface area contributed by atoms with Gasteiger partial charge in [-0.2, -0.15) is 25.3 Å². The van der Waals surface area contributed by atoms with Gasteiger partial charge in [0.25, 0.3) is 0 Å². The van der Waals surface area contributed by atoms with Gasteiger partial charge in [-0.25, -0.2) is 0 Å². The lowest BCUT2D eigenvalue weighted by Gasteiger charge is -1.69. The molecule has 33 heavy (non-hydrogen) atoms. The van der Waals surface area contributed by atoms with Crippen molar-refractivity contribution < 1.29 is 7.06 Å². The molecule has 0 aromatic carbocycles. The second-order valence-corrected chi connectivity index (χ2v) is 4.53. The third kappa shape index (κ3) is 572. The first kappa shape index (κ1) is 54.2. The summed E-state index contributed by atoms with van der Waals surface area (Å²) in [4.78, 5) is 1.97. The van der Waals surface area contributed by atoms with E-state index in [2.05, 4.69) is 115 Å². The second kappa shape index (κ2) is 180. The van der Waals surface area contributed by atoms with Crippen LogP contribution in [-0.4, -0.2) is 31.6 Å². The Kier molecular flexibility index (Phi) is 296. The van der Waals surface area contributed by atoms with Gasteiger partial charge in [-0.15, -0.1) is 43.4 Å². The van der Waals surface area contributed by atoms with Gasteiger partial charge in [0, 0.05) is 20.6 Å². The van der Waals surface area contributed by atoms with Crippen molar-refractivity contribution in [1.29, 1.82) is 1.34 Å². The van der Waals surface area contributed by atoms with Crippen molar-refractivity contribution >= 4 is 71.3 Å². The maximum atomic E-state index is 10.7. The van der Waals surface area contributed by atoms with Gasteiger partial charge < -0.3 is 4.32 Å². The Morgan fingerprint density at radius 1 is 0.818 bits per heavy atom. The molecule has 6 heteroatoms. The Hall–Kier alpha value is 0.145. The molecule has 0 spiro atoms. The van der Waals surface area contributed by atoms with Gasteiger partial charge in [-0.3, -0.25) is 0 Å². The highest BCUT2D eigenvalue weighted by Crippen LogP contribution is 1.78. The fourth-order valence-electron chi connectivity index (χ4n) is 0.269. The molecule has 0 unspecified atom stereocenters. The van der Waals surface area contributed by atoms with Crippen molar-refractivity contribution in [3.05, 3.63) is 0 Å². The smallest absolute Gasteiger partial charge is 0.328 e. The van der Waals surface area contributed by atoms with E-state index >= 15 is 0 Å². The molecule has 0 fully saturated rings. The van der Waals surface area contributed by atoms with Crippen LogP contribution in [0.2, 0.25) is 6.82 Å². The molecule has 0 aromatic heterocycles. The summed E-state index contributed by atoms with van der Waals surface area (Å²) in [7, 11) is -1.42. The zero-order valence-corrected chi connectivity index (χ0v) is 26.9. The van der Waals surface area contributed by atoms with Crippen LogP contribution >= 0.6 is 63.8 Å². The molecule has 0 aliphatic carbocycles. The Bertz CT molecular complexity index is 436. The Balaban J connectivity index is -0.0000000221. The summed E-state index contributed by atoms with van der Waals surface area (Å²) < 4.78 is 29.1. The third-order valence-corrected chi connectivity index (χ3v) is 1.82. The van der Waals surface area contributed by atoms with Crippen LogP contribution in [0.4, 0.5) is 4.32 Å². The second-order valence-electron chi connectivity index (χ2n) is 3.97. The maximum Gasteiger partial charge on any atom is 0.328 e. The minimum Gasteiger partial charge on any atom is -0.342 e. The lowest BCUT2D eigenvalue weighted by molar-refractivity contribution is 0.877. The first-order chi connectivity index (χ1) is 16.3. The average Bonchev–Trinajstić information content (AvgIpc) is 2.88. The molecule has 0 heterocycles. The molecule has 0 aliphatic heterocycles. The van der Waals surface area contributed by atoms with Gasteiger partial charge in [0.1, 0.15) is 2.74 Å². The van der Waals surface area contributed by atoms with Crippen LogP contribution in [0.25, 0.3) is 0 Å². The zero-order chi connectivity index (χ0) is 29.5. The molecule has 0 nitrogen and oxygen atoms in total. The van der Waals surface area contributed by atoms with E-state index in [9.17, 15) is 4.32 Å².